The molecule has 0 aliphatic heterocycles. The van der Waals surface area contributed by atoms with E-state index in [-0.39, 0.29) is 24.4 Å². The molecule has 1 aliphatic rings. The summed E-state index contributed by atoms with van der Waals surface area (Å²) in [5.74, 6) is 1.19. The molecule has 3 unspecified atom stereocenters. The van der Waals surface area contributed by atoms with Crippen LogP contribution in [0.4, 0.5) is 5.69 Å². The maximum absolute atomic E-state index is 12.4. The summed E-state index contributed by atoms with van der Waals surface area (Å²) in [6, 6.07) is 15.3. The number of halogens is 2. The first kappa shape index (κ1) is 18.6. The Hall–Kier alpha value is -1.71. The molecule has 0 heterocycles. The monoisotopic (exact) mass is 364 g/mol. The summed E-state index contributed by atoms with van der Waals surface area (Å²) >= 11 is 5.97. The first-order valence-electron chi connectivity index (χ1n) is 7.92. The molecule has 5 heteroatoms. The first-order chi connectivity index (χ1) is 11.0. The Morgan fingerprint density at radius 1 is 1.21 bits per heavy atom. The maximum atomic E-state index is 12.4. The van der Waals surface area contributed by atoms with Gasteiger partial charge in [0.1, 0.15) is 0 Å². The van der Waals surface area contributed by atoms with Crippen molar-refractivity contribution in [3.63, 3.8) is 0 Å². The summed E-state index contributed by atoms with van der Waals surface area (Å²) < 4.78 is 0. The largest absolute Gasteiger partial charge is 0.399 e. The Labute approximate surface area is 154 Å². The van der Waals surface area contributed by atoms with Crippen LogP contribution in [0.25, 0.3) is 0 Å². The lowest BCUT2D eigenvalue weighted by molar-refractivity contribution is -0.121. The molecule has 24 heavy (non-hydrogen) atoms. The van der Waals surface area contributed by atoms with Crippen LogP contribution in [0.3, 0.4) is 0 Å². The van der Waals surface area contributed by atoms with E-state index in [1.54, 1.807) is 0 Å². The summed E-state index contributed by atoms with van der Waals surface area (Å²) in [6.45, 7) is 2.22. The third-order valence-electron chi connectivity index (χ3n) is 4.49. The number of anilines is 1. The molecule has 1 aliphatic carbocycles. The minimum atomic E-state index is 0. The highest BCUT2D eigenvalue weighted by Gasteiger charge is 2.40. The third kappa shape index (κ3) is 4.65. The number of nitrogens with two attached hydrogens (primary N) is 1. The molecule has 0 saturated heterocycles. The van der Waals surface area contributed by atoms with Crippen molar-refractivity contribution in [1.82, 2.24) is 5.32 Å². The van der Waals surface area contributed by atoms with Gasteiger partial charge in [-0.05, 0) is 53.6 Å². The van der Waals surface area contributed by atoms with E-state index in [0.717, 1.165) is 17.5 Å². The second-order valence-corrected chi connectivity index (χ2v) is 6.83. The van der Waals surface area contributed by atoms with Gasteiger partial charge in [-0.1, -0.05) is 42.8 Å². The molecule has 0 bridgehead atoms. The average Bonchev–Trinajstić information content (AvgIpc) is 3.25. The first-order valence-corrected chi connectivity index (χ1v) is 8.30. The molecule has 3 rings (SSSR count). The highest BCUT2D eigenvalue weighted by atomic mass is 35.5. The molecule has 3 nitrogen and oxygen atoms in total. The highest BCUT2D eigenvalue weighted by Crippen LogP contribution is 2.47. The Bertz CT molecular complexity index is 686. The van der Waals surface area contributed by atoms with Crippen molar-refractivity contribution in [1.29, 1.82) is 0 Å². The van der Waals surface area contributed by atoms with Crippen LogP contribution in [0, 0.1) is 11.8 Å². The van der Waals surface area contributed by atoms with Crippen molar-refractivity contribution in [2.45, 2.75) is 25.8 Å². The quantitative estimate of drug-likeness (QED) is 0.772. The lowest BCUT2D eigenvalue weighted by atomic mass is 10.0. The molecule has 1 fully saturated rings. The van der Waals surface area contributed by atoms with Crippen molar-refractivity contribution in [2.75, 3.05) is 5.73 Å². The minimum Gasteiger partial charge on any atom is -0.399 e. The molecule has 0 aromatic heterocycles. The molecule has 1 saturated carbocycles. The van der Waals surface area contributed by atoms with E-state index in [0.29, 0.717) is 29.0 Å². The fourth-order valence-corrected chi connectivity index (χ4v) is 3.09. The molecule has 3 N–H and O–H groups in total. The number of benzene rings is 2. The summed E-state index contributed by atoms with van der Waals surface area (Å²) in [4.78, 5) is 12.4. The topological polar surface area (TPSA) is 55.1 Å². The summed E-state index contributed by atoms with van der Waals surface area (Å²) in [5.41, 5.74) is 8.47. The molecular formula is C19H22Cl2N2O. The van der Waals surface area contributed by atoms with Gasteiger partial charge in [-0.3, -0.25) is 4.79 Å². The van der Waals surface area contributed by atoms with Crippen molar-refractivity contribution < 1.29 is 4.79 Å². The summed E-state index contributed by atoms with van der Waals surface area (Å²) in [7, 11) is 0. The van der Waals surface area contributed by atoms with E-state index in [1.807, 2.05) is 48.5 Å². The number of rotatable bonds is 5. The lowest BCUT2D eigenvalue weighted by Gasteiger charge is -2.19. The molecule has 2 aromatic rings. The molecule has 128 valence electrons. The molecule has 1 amide bonds. The van der Waals surface area contributed by atoms with Crippen molar-refractivity contribution in [3.05, 3.63) is 64.7 Å². The number of hydrogen-bond acceptors (Lipinski definition) is 2. The van der Waals surface area contributed by atoms with Crippen molar-refractivity contribution in [3.8, 4) is 0 Å². The van der Waals surface area contributed by atoms with Gasteiger partial charge in [-0.25, -0.2) is 0 Å². The van der Waals surface area contributed by atoms with Gasteiger partial charge in [0.15, 0.2) is 0 Å². The summed E-state index contributed by atoms with van der Waals surface area (Å²) in [6.07, 6.45) is 1.51. The van der Waals surface area contributed by atoms with E-state index in [1.165, 1.54) is 0 Å². The Kier molecular flexibility index (Phi) is 6.14. The van der Waals surface area contributed by atoms with Gasteiger partial charge in [-0.2, -0.15) is 0 Å². The smallest absolute Gasteiger partial charge is 0.224 e. The predicted molar refractivity (Wildman–Crippen MR) is 101 cm³/mol. The molecule has 0 spiro atoms. The second-order valence-electron chi connectivity index (χ2n) is 6.39. The van der Waals surface area contributed by atoms with Crippen LogP contribution >= 0.6 is 24.0 Å². The Morgan fingerprint density at radius 2 is 1.79 bits per heavy atom. The zero-order valence-electron chi connectivity index (χ0n) is 13.5. The molecule has 2 aromatic carbocycles. The third-order valence-corrected chi connectivity index (χ3v) is 4.74. The standard InChI is InChI=1S/C19H21ClN2O.ClH/c1-12-10-17(12)19(14-4-6-15(20)7-5-14)22-18(23)11-13-2-8-16(21)9-3-13;/h2-9,12,17,19H,10-11,21H2,1H3,(H,22,23);1H. The van der Waals surface area contributed by atoms with E-state index >= 15 is 0 Å². The highest BCUT2D eigenvalue weighted by molar-refractivity contribution is 6.30. The van der Waals surface area contributed by atoms with Crippen molar-refractivity contribution >= 4 is 35.6 Å². The Balaban J connectivity index is 0.00000208. The number of carbonyl (C=O) groups is 1. The van der Waals surface area contributed by atoms with Crippen LogP contribution in [0.1, 0.15) is 30.5 Å². The lowest BCUT2D eigenvalue weighted by Crippen LogP contribution is -2.31. The minimum absolute atomic E-state index is 0. The van der Waals surface area contributed by atoms with Gasteiger partial charge in [0.2, 0.25) is 5.91 Å². The second kappa shape index (κ2) is 7.91. The zero-order chi connectivity index (χ0) is 16.4. The normalized spacial score (nSPS) is 19.9. The van der Waals surface area contributed by atoms with Crippen LogP contribution in [-0.2, 0) is 11.2 Å². The van der Waals surface area contributed by atoms with Gasteiger partial charge in [0.25, 0.3) is 0 Å². The Morgan fingerprint density at radius 3 is 2.33 bits per heavy atom. The van der Waals surface area contributed by atoms with E-state index in [4.69, 9.17) is 17.3 Å². The van der Waals surface area contributed by atoms with Crippen LogP contribution in [0.2, 0.25) is 5.02 Å². The number of nitrogens with one attached hydrogen (secondary N) is 1. The zero-order valence-corrected chi connectivity index (χ0v) is 15.1. The average molecular weight is 365 g/mol. The fourth-order valence-electron chi connectivity index (χ4n) is 2.97. The van der Waals surface area contributed by atoms with Crippen molar-refractivity contribution in [2.24, 2.45) is 11.8 Å². The van der Waals surface area contributed by atoms with Gasteiger partial charge >= 0.3 is 0 Å². The number of carbonyl (C=O) groups excluding carboxylic acids is 1. The van der Waals surface area contributed by atoms with E-state index in [9.17, 15) is 4.79 Å². The summed E-state index contributed by atoms with van der Waals surface area (Å²) in [5, 5.41) is 3.91. The fraction of sp³-hybridized carbons (Fsp3) is 0.316. The molecule has 0 radical (unpaired) electrons. The number of nitrogen functional groups attached to an aromatic ring is 1. The van der Waals surface area contributed by atoms with Crippen LogP contribution in [0.15, 0.2) is 48.5 Å². The van der Waals surface area contributed by atoms with Gasteiger partial charge in [-0.15, -0.1) is 12.4 Å². The van der Waals surface area contributed by atoms with Crippen LogP contribution < -0.4 is 11.1 Å². The van der Waals surface area contributed by atoms with Gasteiger partial charge in [0.05, 0.1) is 12.5 Å². The van der Waals surface area contributed by atoms with Crippen LogP contribution in [-0.4, -0.2) is 5.91 Å². The maximum Gasteiger partial charge on any atom is 0.224 e. The van der Waals surface area contributed by atoms with Crippen LogP contribution in [0.5, 0.6) is 0 Å². The predicted octanol–water partition coefficient (Wildman–Crippen LogP) is 4.40. The SMILES string of the molecule is CC1CC1C(NC(=O)Cc1ccc(N)cc1)c1ccc(Cl)cc1.Cl. The number of amides is 1. The molecular weight excluding hydrogens is 343 g/mol. The van der Waals surface area contributed by atoms with E-state index in [2.05, 4.69) is 12.2 Å². The van der Waals surface area contributed by atoms with E-state index < -0.39 is 0 Å². The number of hydrogen-bond donors (Lipinski definition) is 2. The van der Waals surface area contributed by atoms with Gasteiger partial charge < -0.3 is 11.1 Å². The van der Waals surface area contributed by atoms with Gasteiger partial charge in [0, 0.05) is 10.7 Å². The molecule has 3 atom stereocenters.